The molecule has 5 heterocycles. The molecule has 0 radical (unpaired) electrons. The molecule has 4 saturated carbocycles. The molecule has 0 spiro atoms. The van der Waals surface area contributed by atoms with Gasteiger partial charge in [-0.1, -0.05) is 60.1 Å². The van der Waals surface area contributed by atoms with Gasteiger partial charge in [-0.2, -0.15) is 0 Å². The average Bonchev–Trinajstić information content (AvgIpc) is 0.687. The van der Waals surface area contributed by atoms with Crippen LogP contribution in [0.15, 0.2) is 11.6 Å². The van der Waals surface area contributed by atoms with E-state index in [1.165, 1.54) is 12.5 Å². The maximum atomic E-state index is 12.7. The van der Waals surface area contributed by atoms with Gasteiger partial charge in [-0.05, 0) is 110 Å². The summed E-state index contributed by atoms with van der Waals surface area (Å²) in [6, 6.07) is 0. The molecule has 9 fully saturated rings. The number of aliphatic carboxylic acids is 1. The Hall–Kier alpha value is -1.79. The van der Waals surface area contributed by atoms with Crippen molar-refractivity contribution in [2.75, 3.05) is 26.4 Å². The van der Waals surface area contributed by atoms with Crippen molar-refractivity contribution in [1.82, 2.24) is 0 Å². The summed E-state index contributed by atoms with van der Waals surface area (Å²) >= 11 is 0. The van der Waals surface area contributed by atoms with E-state index in [1.54, 1.807) is 0 Å². The van der Waals surface area contributed by atoms with Crippen LogP contribution in [0.2, 0.25) is 0 Å². The molecule has 494 valence electrons. The molecule has 10 rings (SSSR count). The van der Waals surface area contributed by atoms with Gasteiger partial charge >= 0.3 is 5.97 Å². The highest BCUT2D eigenvalue weighted by Crippen LogP contribution is 2.76. The highest BCUT2D eigenvalue weighted by molar-refractivity contribution is 5.73. The van der Waals surface area contributed by atoms with Gasteiger partial charge in [-0.3, -0.25) is 0 Å². The van der Waals surface area contributed by atoms with Gasteiger partial charge in [0.1, 0.15) is 104 Å². The summed E-state index contributed by atoms with van der Waals surface area (Å²) in [4.78, 5) is 12.7. The number of aliphatic hydroxyl groups excluding tert-OH is 15. The Bertz CT molecular complexity index is 2400. The second-order valence-electron chi connectivity index (χ2n) is 28.9. The Morgan fingerprint density at radius 1 is 0.547 bits per heavy atom. The number of rotatable bonds is 14. The number of ether oxygens (including phenoxy) is 10. The summed E-state index contributed by atoms with van der Waals surface area (Å²) < 4.78 is 61.5. The van der Waals surface area contributed by atoms with Crippen LogP contribution < -0.4 is 0 Å². The zero-order valence-electron chi connectivity index (χ0n) is 50.2. The van der Waals surface area contributed by atoms with Crippen molar-refractivity contribution in [3.05, 3.63) is 11.6 Å². The Kier molecular flexibility index (Phi) is 19.2. The van der Waals surface area contributed by atoms with E-state index in [9.17, 15) is 86.5 Å². The molecule has 27 heteroatoms. The zero-order chi connectivity index (χ0) is 62.9. The molecule has 0 amide bonds. The van der Waals surface area contributed by atoms with Gasteiger partial charge in [0.15, 0.2) is 37.6 Å². The van der Waals surface area contributed by atoms with Gasteiger partial charge in [0.05, 0.1) is 38.1 Å². The van der Waals surface area contributed by atoms with Gasteiger partial charge in [-0.15, -0.1) is 0 Å². The molecule has 27 nitrogen and oxygen atoms in total. The lowest BCUT2D eigenvalue weighted by Crippen LogP contribution is -2.68. The van der Waals surface area contributed by atoms with Gasteiger partial charge in [0, 0.05) is 12.0 Å². The third kappa shape index (κ3) is 11.3. The predicted molar refractivity (Wildman–Crippen MR) is 290 cm³/mol. The maximum absolute atomic E-state index is 12.7. The first-order chi connectivity index (χ1) is 40.2. The molecule has 0 aromatic heterocycles. The van der Waals surface area contributed by atoms with Crippen LogP contribution in [-0.2, 0) is 52.2 Å². The Morgan fingerprint density at radius 3 is 1.72 bits per heavy atom. The smallest absolute Gasteiger partial charge is 0.335 e. The fraction of sp³-hybridized carbons (Fsp3) is 0.949. The minimum Gasteiger partial charge on any atom is -0.479 e. The standard InChI is InChI=1S/C59H96O27/c1-23-33(64)37(68)42(73)49(78-23)85-46-39(70)36(67)29(20-61)81-53(46)86-47-41(72)40(71)44(48(75)76)83-52(47)79-24-15-55(4,22-62)30-11-12-59(8)31(57(30,6)16-24)10-9-25-26-17-54(2,3)18-32(56(26,5)13-14-58(25,59)7)82-51-45(34(65)27(63)21-77-51)84-50-43(74)38(69)35(66)28(19-60)80-50/h9,23-24,26-47,49-53,60-74H,10-22H2,1-8H3,(H,75,76). The summed E-state index contributed by atoms with van der Waals surface area (Å²) in [5, 5.41) is 174. The molecule has 34 atom stereocenters. The summed E-state index contributed by atoms with van der Waals surface area (Å²) in [6.07, 6.45) is -34.2. The molecular formula is C59H96O27. The van der Waals surface area contributed by atoms with E-state index in [4.69, 9.17) is 47.4 Å². The molecular weight excluding hydrogens is 1140 g/mol. The van der Waals surface area contributed by atoms with Gasteiger partial charge < -0.3 is 129 Å². The average molecular weight is 1240 g/mol. The third-order valence-electron chi connectivity index (χ3n) is 23.1. The van der Waals surface area contributed by atoms with E-state index in [0.29, 0.717) is 25.7 Å². The lowest BCUT2D eigenvalue weighted by Gasteiger charge is -2.72. The van der Waals surface area contributed by atoms with E-state index in [-0.39, 0.29) is 53.6 Å². The van der Waals surface area contributed by atoms with Crippen LogP contribution in [0, 0.1) is 50.2 Å². The van der Waals surface area contributed by atoms with Crippen molar-refractivity contribution in [1.29, 1.82) is 0 Å². The fourth-order valence-corrected chi connectivity index (χ4v) is 17.9. The molecule has 5 aliphatic carbocycles. The van der Waals surface area contributed by atoms with E-state index in [2.05, 4.69) is 47.6 Å². The van der Waals surface area contributed by atoms with Crippen LogP contribution in [0.1, 0.15) is 113 Å². The van der Waals surface area contributed by atoms with Crippen molar-refractivity contribution in [2.45, 2.75) is 273 Å². The third-order valence-corrected chi connectivity index (χ3v) is 23.1. The molecule has 0 aromatic rings. The zero-order valence-corrected chi connectivity index (χ0v) is 50.2. The van der Waals surface area contributed by atoms with Gasteiger partial charge in [0.25, 0.3) is 0 Å². The summed E-state index contributed by atoms with van der Waals surface area (Å²) in [5.74, 6) is -1.72. The molecule has 0 bridgehead atoms. The molecule has 5 saturated heterocycles. The SMILES string of the molecule is CC1OC(OC2C(OC3C(OC4CC(C)(CO)C5CCC6(C)C(CC=C7C8CC(C)(C)CC(OC9OCC(O)C(O)C9OC9OC(CO)C(O)C(O)C9O)C8(C)CCC76C)C5(C)C4)OC(C(=O)O)C(O)C3O)OC(CO)C(O)C2O)C(O)C(O)C1O. The monoisotopic (exact) mass is 1240 g/mol. The first-order valence-corrected chi connectivity index (χ1v) is 30.7. The molecule has 5 aliphatic heterocycles. The van der Waals surface area contributed by atoms with Crippen LogP contribution in [-0.4, -0.2) is 274 Å². The van der Waals surface area contributed by atoms with Crippen molar-refractivity contribution in [3.8, 4) is 0 Å². The number of hydrogen-bond donors (Lipinski definition) is 16. The Labute approximate surface area is 499 Å². The van der Waals surface area contributed by atoms with Crippen LogP contribution in [0.4, 0.5) is 0 Å². The highest BCUT2D eigenvalue weighted by Gasteiger charge is 2.70. The minimum atomic E-state index is -2.13. The number of fused-ring (bicyclic) bond motifs is 7. The summed E-state index contributed by atoms with van der Waals surface area (Å²) in [7, 11) is 0. The largest absolute Gasteiger partial charge is 0.479 e. The second kappa shape index (κ2) is 24.6. The predicted octanol–water partition coefficient (Wildman–Crippen LogP) is -3.01. The summed E-state index contributed by atoms with van der Waals surface area (Å²) in [5.41, 5.74) is -1.60. The number of aliphatic hydroxyl groups is 15. The lowest BCUT2D eigenvalue weighted by atomic mass is 9.33. The normalized spacial score (nSPS) is 55.7. The molecule has 34 unspecified atom stereocenters. The second-order valence-corrected chi connectivity index (χ2v) is 28.9. The van der Waals surface area contributed by atoms with Crippen molar-refractivity contribution in [2.24, 2.45) is 50.2 Å². The van der Waals surface area contributed by atoms with Gasteiger partial charge in [-0.25, -0.2) is 4.79 Å². The number of hydrogen-bond acceptors (Lipinski definition) is 26. The molecule has 86 heavy (non-hydrogen) atoms. The fourth-order valence-electron chi connectivity index (χ4n) is 17.9. The van der Waals surface area contributed by atoms with Crippen molar-refractivity contribution >= 4 is 5.97 Å². The minimum absolute atomic E-state index is 0.0183. The molecule has 16 N–H and O–H groups in total. The van der Waals surface area contributed by atoms with Gasteiger partial charge in [0.2, 0.25) is 0 Å². The van der Waals surface area contributed by atoms with Crippen molar-refractivity contribution < 1.29 is 134 Å². The quantitative estimate of drug-likeness (QED) is 0.0608. The van der Waals surface area contributed by atoms with Crippen LogP contribution in [0.5, 0.6) is 0 Å². The number of carboxylic acid groups (broad SMARTS) is 1. The first kappa shape index (κ1) is 67.1. The van der Waals surface area contributed by atoms with E-state index >= 15 is 0 Å². The van der Waals surface area contributed by atoms with Crippen molar-refractivity contribution in [3.63, 3.8) is 0 Å². The number of carboxylic acids is 1. The Morgan fingerprint density at radius 2 is 1.10 bits per heavy atom. The topological polar surface area (TPSA) is 433 Å². The first-order valence-electron chi connectivity index (χ1n) is 30.7. The maximum Gasteiger partial charge on any atom is 0.335 e. The van der Waals surface area contributed by atoms with E-state index < -0.39 is 195 Å². The van der Waals surface area contributed by atoms with Crippen LogP contribution in [0.25, 0.3) is 0 Å². The van der Waals surface area contributed by atoms with E-state index in [1.807, 2.05) is 6.92 Å². The highest BCUT2D eigenvalue weighted by atomic mass is 16.8. The summed E-state index contributed by atoms with van der Waals surface area (Å²) in [6.45, 7) is 14.8. The lowest BCUT2D eigenvalue weighted by molar-refractivity contribution is -0.394. The molecule has 10 aliphatic rings. The van der Waals surface area contributed by atoms with E-state index in [0.717, 1.165) is 25.7 Å². The Balaban J connectivity index is 0.925. The van der Waals surface area contributed by atoms with Crippen LogP contribution >= 0.6 is 0 Å². The number of carbonyl (C=O) groups is 1. The van der Waals surface area contributed by atoms with Crippen LogP contribution in [0.3, 0.4) is 0 Å². The number of allylic oxidation sites excluding steroid dienone is 2. The molecule has 0 aromatic carbocycles.